The summed E-state index contributed by atoms with van der Waals surface area (Å²) in [4.78, 5) is 17.5. The predicted octanol–water partition coefficient (Wildman–Crippen LogP) is 2.62. The van der Waals surface area contributed by atoms with Gasteiger partial charge in [-0.3, -0.25) is 9.89 Å². The van der Waals surface area contributed by atoms with E-state index in [0.29, 0.717) is 5.92 Å². The lowest BCUT2D eigenvalue weighted by atomic mass is 10.2. The van der Waals surface area contributed by atoms with Crippen LogP contribution in [0.4, 0.5) is 0 Å². The molecule has 0 aromatic carbocycles. The van der Waals surface area contributed by atoms with Crippen molar-refractivity contribution in [2.45, 2.75) is 38.1 Å². The fourth-order valence-corrected chi connectivity index (χ4v) is 2.86. The Kier molecular flexibility index (Phi) is 3.33. The molecule has 2 aromatic rings. The van der Waals surface area contributed by atoms with Crippen molar-refractivity contribution in [2.75, 3.05) is 0 Å². The zero-order chi connectivity index (χ0) is 13.2. The highest BCUT2D eigenvalue weighted by Crippen LogP contribution is 2.37. The lowest BCUT2D eigenvalue weighted by Gasteiger charge is -2.13. The Labute approximate surface area is 115 Å². The number of carbonyl (C=O) groups is 1. The standard InChI is InChI=1S/C13H16N4OS/c1-2-9(10-4-3-7-19-10)14-13(18)12-15-11(16-17-12)8-5-6-8/h3-4,7-9H,2,5-6H2,1H3,(H,14,18)(H,15,16,17). The molecule has 5 nitrogen and oxygen atoms in total. The van der Waals surface area contributed by atoms with Crippen LogP contribution in [0.2, 0.25) is 0 Å². The zero-order valence-electron chi connectivity index (χ0n) is 10.7. The zero-order valence-corrected chi connectivity index (χ0v) is 11.5. The number of aromatic amines is 1. The van der Waals surface area contributed by atoms with Crippen molar-refractivity contribution >= 4 is 17.2 Å². The largest absolute Gasteiger partial charge is 0.342 e. The second-order valence-electron chi connectivity index (χ2n) is 4.77. The number of amides is 1. The lowest BCUT2D eigenvalue weighted by molar-refractivity contribution is 0.0926. The van der Waals surface area contributed by atoms with E-state index >= 15 is 0 Å². The average molecular weight is 276 g/mol. The van der Waals surface area contributed by atoms with Crippen molar-refractivity contribution in [1.29, 1.82) is 0 Å². The van der Waals surface area contributed by atoms with Crippen molar-refractivity contribution in [3.05, 3.63) is 34.0 Å². The monoisotopic (exact) mass is 276 g/mol. The summed E-state index contributed by atoms with van der Waals surface area (Å²) in [5, 5.41) is 11.9. The number of rotatable bonds is 5. The Morgan fingerprint density at radius 3 is 3.11 bits per heavy atom. The Balaban J connectivity index is 1.68. The van der Waals surface area contributed by atoms with Crippen LogP contribution in [0.15, 0.2) is 17.5 Å². The van der Waals surface area contributed by atoms with Gasteiger partial charge >= 0.3 is 0 Å². The molecule has 1 atom stereocenters. The van der Waals surface area contributed by atoms with Gasteiger partial charge in [0.2, 0.25) is 5.82 Å². The number of aromatic nitrogens is 3. The quantitative estimate of drug-likeness (QED) is 0.882. The summed E-state index contributed by atoms with van der Waals surface area (Å²) in [5.41, 5.74) is 0. The number of hydrogen-bond donors (Lipinski definition) is 2. The fourth-order valence-electron chi connectivity index (χ4n) is 2.00. The molecule has 0 bridgehead atoms. The van der Waals surface area contributed by atoms with Crippen molar-refractivity contribution in [2.24, 2.45) is 0 Å². The summed E-state index contributed by atoms with van der Waals surface area (Å²) >= 11 is 1.65. The lowest BCUT2D eigenvalue weighted by Crippen LogP contribution is -2.28. The second-order valence-corrected chi connectivity index (χ2v) is 5.75. The minimum absolute atomic E-state index is 0.0374. The molecule has 0 spiro atoms. The Morgan fingerprint density at radius 1 is 1.63 bits per heavy atom. The summed E-state index contributed by atoms with van der Waals surface area (Å²) in [5.74, 6) is 1.36. The molecule has 0 aliphatic heterocycles. The van der Waals surface area contributed by atoms with Crippen molar-refractivity contribution < 1.29 is 4.79 Å². The summed E-state index contributed by atoms with van der Waals surface area (Å²) in [6.07, 6.45) is 3.14. The van der Waals surface area contributed by atoms with Gasteiger partial charge in [-0.2, -0.15) is 0 Å². The summed E-state index contributed by atoms with van der Waals surface area (Å²) in [6, 6.07) is 4.06. The molecular formula is C13H16N4OS. The van der Waals surface area contributed by atoms with Gasteiger partial charge in [-0.05, 0) is 30.7 Å². The molecule has 1 amide bonds. The second kappa shape index (κ2) is 5.13. The Morgan fingerprint density at radius 2 is 2.47 bits per heavy atom. The average Bonchev–Trinajstić information content (AvgIpc) is 2.96. The minimum atomic E-state index is -0.205. The molecule has 2 heterocycles. The molecule has 19 heavy (non-hydrogen) atoms. The van der Waals surface area contributed by atoms with Gasteiger partial charge in [0, 0.05) is 10.8 Å². The Hall–Kier alpha value is -1.69. The van der Waals surface area contributed by atoms with Crippen LogP contribution < -0.4 is 5.32 Å². The Bertz CT molecular complexity index is 559. The predicted molar refractivity (Wildman–Crippen MR) is 73.2 cm³/mol. The third-order valence-electron chi connectivity index (χ3n) is 3.27. The molecular weight excluding hydrogens is 260 g/mol. The van der Waals surface area contributed by atoms with E-state index in [1.165, 1.54) is 0 Å². The summed E-state index contributed by atoms with van der Waals surface area (Å²) in [7, 11) is 0. The molecule has 1 fully saturated rings. The van der Waals surface area contributed by atoms with Crippen LogP contribution in [0.3, 0.4) is 0 Å². The van der Waals surface area contributed by atoms with E-state index < -0.39 is 0 Å². The van der Waals surface area contributed by atoms with E-state index in [2.05, 4.69) is 27.4 Å². The topological polar surface area (TPSA) is 70.7 Å². The molecule has 2 N–H and O–H groups in total. The van der Waals surface area contributed by atoms with Crippen LogP contribution in [0.5, 0.6) is 0 Å². The molecule has 6 heteroatoms. The fraction of sp³-hybridized carbons (Fsp3) is 0.462. The first-order valence-electron chi connectivity index (χ1n) is 6.54. The van der Waals surface area contributed by atoms with E-state index in [4.69, 9.17) is 0 Å². The third-order valence-corrected chi connectivity index (χ3v) is 4.26. The van der Waals surface area contributed by atoms with Crippen LogP contribution in [0.25, 0.3) is 0 Å². The molecule has 1 unspecified atom stereocenters. The highest BCUT2D eigenvalue weighted by atomic mass is 32.1. The van der Waals surface area contributed by atoms with Gasteiger partial charge in [-0.15, -0.1) is 16.4 Å². The van der Waals surface area contributed by atoms with Gasteiger partial charge < -0.3 is 5.32 Å². The van der Waals surface area contributed by atoms with Crippen molar-refractivity contribution in [3.8, 4) is 0 Å². The van der Waals surface area contributed by atoms with E-state index in [-0.39, 0.29) is 17.8 Å². The van der Waals surface area contributed by atoms with Gasteiger partial charge in [0.25, 0.3) is 5.91 Å². The highest BCUT2D eigenvalue weighted by molar-refractivity contribution is 7.10. The van der Waals surface area contributed by atoms with Crippen LogP contribution in [-0.4, -0.2) is 21.1 Å². The molecule has 0 radical (unpaired) electrons. The maximum Gasteiger partial charge on any atom is 0.291 e. The molecule has 2 aromatic heterocycles. The number of thiophene rings is 1. The molecule has 1 aliphatic rings. The van der Waals surface area contributed by atoms with Gasteiger partial charge in [-0.25, -0.2) is 4.98 Å². The van der Waals surface area contributed by atoms with E-state index in [9.17, 15) is 4.79 Å². The van der Waals surface area contributed by atoms with Gasteiger partial charge in [-0.1, -0.05) is 13.0 Å². The number of carbonyl (C=O) groups excluding carboxylic acids is 1. The first-order valence-corrected chi connectivity index (χ1v) is 7.42. The van der Waals surface area contributed by atoms with E-state index in [1.807, 2.05) is 17.5 Å². The van der Waals surface area contributed by atoms with Crippen molar-refractivity contribution in [1.82, 2.24) is 20.5 Å². The van der Waals surface area contributed by atoms with Gasteiger partial charge in [0.1, 0.15) is 5.82 Å². The number of nitrogens with one attached hydrogen (secondary N) is 2. The number of hydrogen-bond acceptors (Lipinski definition) is 4. The van der Waals surface area contributed by atoms with Gasteiger partial charge in [0.15, 0.2) is 0 Å². The maximum absolute atomic E-state index is 12.1. The van der Waals surface area contributed by atoms with Crippen LogP contribution in [0, 0.1) is 0 Å². The molecule has 100 valence electrons. The van der Waals surface area contributed by atoms with Crippen LogP contribution >= 0.6 is 11.3 Å². The minimum Gasteiger partial charge on any atom is -0.342 e. The van der Waals surface area contributed by atoms with Crippen molar-refractivity contribution in [3.63, 3.8) is 0 Å². The van der Waals surface area contributed by atoms with E-state index in [1.54, 1.807) is 11.3 Å². The maximum atomic E-state index is 12.1. The van der Waals surface area contributed by atoms with E-state index in [0.717, 1.165) is 30.0 Å². The summed E-state index contributed by atoms with van der Waals surface area (Å²) < 4.78 is 0. The number of nitrogens with zero attached hydrogens (tertiary/aromatic N) is 2. The normalized spacial score (nSPS) is 16.3. The molecule has 1 aliphatic carbocycles. The summed E-state index contributed by atoms with van der Waals surface area (Å²) in [6.45, 7) is 2.05. The third kappa shape index (κ3) is 2.68. The molecule has 1 saturated carbocycles. The number of H-pyrrole nitrogens is 1. The smallest absolute Gasteiger partial charge is 0.291 e. The van der Waals surface area contributed by atoms with Crippen LogP contribution in [0.1, 0.15) is 59.5 Å². The first kappa shape index (κ1) is 12.3. The first-order chi connectivity index (χ1) is 9.28. The van der Waals surface area contributed by atoms with Gasteiger partial charge in [0.05, 0.1) is 6.04 Å². The van der Waals surface area contributed by atoms with Crippen LogP contribution in [-0.2, 0) is 0 Å². The molecule has 3 rings (SSSR count). The SMILES string of the molecule is CCC(NC(=O)c1n[nH]c(C2CC2)n1)c1cccs1. The highest BCUT2D eigenvalue weighted by Gasteiger charge is 2.28. The molecule has 0 saturated heterocycles.